The van der Waals surface area contributed by atoms with Crippen LogP contribution >= 0.6 is 11.3 Å². The molecule has 1 aromatic carbocycles. The fourth-order valence-corrected chi connectivity index (χ4v) is 3.01. The van der Waals surface area contributed by atoms with Gasteiger partial charge in [-0.3, -0.25) is 4.90 Å². The second kappa shape index (κ2) is 7.84. The van der Waals surface area contributed by atoms with Gasteiger partial charge in [-0.2, -0.15) is 0 Å². The van der Waals surface area contributed by atoms with Crippen molar-refractivity contribution in [3.63, 3.8) is 0 Å². The first-order valence-corrected chi connectivity index (χ1v) is 7.58. The number of aliphatic hydroxyl groups excluding tert-OH is 1. The van der Waals surface area contributed by atoms with Crippen molar-refractivity contribution >= 4 is 11.3 Å². The number of ether oxygens (including phenoxy) is 1. The SMILES string of the molecule is COc1ccccc1CN(C)Cc1cc(C#CCO)cs1. The Labute approximate surface area is 129 Å². The maximum atomic E-state index is 8.70. The molecular formula is C17H19NO2S. The van der Waals surface area contributed by atoms with Crippen molar-refractivity contribution in [3.8, 4) is 17.6 Å². The number of hydrogen-bond acceptors (Lipinski definition) is 4. The highest BCUT2D eigenvalue weighted by Gasteiger charge is 2.07. The molecule has 1 heterocycles. The molecule has 0 bridgehead atoms. The number of aliphatic hydroxyl groups is 1. The Balaban J connectivity index is 1.98. The molecule has 0 saturated heterocycles. The van der Waals surface area contributed by atoms with Gasteiger partial charge in [-0.1, -0.05) is 30.0 Å². The van der Waals surface area contributed by atoms with Crippen molar-refractivity contribution < 1.29 is 9.84 Å². The lowest BCUT2D eigenvalue weighted by Gasteiger charge is -2.17. The molecule has 0 radical (unpaired) electrons. The van der Waals surface area contributed by atoms with Gasteiger partial charge in [0.2, 0.25) is 0 Å². The van der Waals surface area contributed by atoms with Crippen LogP contribution < -0.4 is 4.74 Å². The molecule has 0 aliphatic carbocycles. The predicted molar refractivity (Wildman–Crippen MR) is 86.4 cm³/mol. The van der Waals surface area contributed by atoms with Crippen molar-refractivity contribution in [2.45, 2.75) is 13.1 Å². The minimum Gasteiger partial charge on any atom is -0.496 e. The number of hydrogen-bond donors (Lipinski definition) is 1. The normalized spacial score (nSPS) is 10.3. The van der Waals surface area contributed by atoms with Crippen molar-refractivity contribution in [1.82, 2.24) is 4.90 Å². The summed E-state index contributed by atoms with van der Waals surface area (Å²) in [5.74, 6) is 6.52. The number of methoxy groups -OCH3 is 1. The summed E-state index contributed by atoms with van der Waals surface area (Å²) >= 11 is 1.69. The van der Waals surface area contributed by atoms with Crippen LogP contribution in [0.2, 0.25) is 0 Å². The van der Waals surface area contributed by atoms with Crippen LogP contribution in [0.3, 0.4) is 0 Å². The van der Waals surface area contributed by atoms with Crippen molar-refractivity contribution in [3.05, 3.63) is 51.7 Å². The van der Waals surface area contributed by atoms with Gasteiger partial charge < -0.3 is 9.84 Å². The average molecular weight is 301 g/mol. The average Bonchev–Trinajstić information content (AvgIpc) is 2.93. The van der Waals surface area contributed by atoms with Gasteiger partial charge in [-0.25, -0.2) is 0 Å². The van der Waals surface area contributed by atoms with Gasteiger partial charge in [0, 0.05) is 34.5 Å². The smallest absolute Gasteiger partial charge is 0.123 e. The molecule has 1 N–H and O–H groups in total. The second-order valence-corrected chi connectivity index (χ2v) is 5.74. The number of rotatable bonds is 5. The molecule has 3 nitrogen and oxygen atoms in total. The lowest BCUT2D eigenvalue weighted by atomic mass is 10.2. The summed E-state index contributed by atoms with van der Waals surface area (Å²) in [4.78, 5) is 3.50. The number of thiophene rings is 1. The number of nitrogens with zero attached hydrogens (tertiary/aromatic N) is 1. The summed E-state index contributed by atoms with van der Waals surface area (Å²) in [5.41, 5.74) is 2.15. The molecule has 0 fully saturated rings. The van der Waals surface area contributed by atoms with E-state index in [1.807, 2.05) is 23.6 Å². The lowest BCUT2D eigenvalue weighted by molar-refractivity contribution is 0.312. The fraction of sp³-hybridized carbons (Fsp3) is 0.294. The molecule has 1 aromatic heterocycles. The van der Waals surface area contributed by atoms with E-state index < -0.39 is 0 Å². The Kier molecular flexibility index (Phi) is 5.82. The maximum absolute atomic E-state index is 8.70. The topological polar surface area (TPSA) is 32.7 Å². The van der Waals surface area contributed by atoms with E-state index in [1.54, 1.807) is 18.4 Å². The molecule has 0 spiro atoms. The Bertz CT molecular complexity index is 639. The molecule has 21 heavy (non-hydrogen) atoms. The third-order valence-electron chi connectivity index (χ3n) is 3.02. The minimum atomic E-state index is -0.0983. The first-order chi connectivity index (χ1) is 10.2. The maximum Gasteiger partial charge on any atom is 0.123 e. The highest BCUT2D eigenvalue weighted by atomic mass is 32.1. The van der Waals surface area contributed by atoms with E-state index in [1.165, 1.54) is 10.4 Å². The summed E-state index contributed by atoms with van der Waals surface area (Å²) in [6, 6.07) is 10.2. The van der Waals surface area contributed by atoms with Crippen LogP contribution in [0.1, 0.15) is 16.0 Å². The lowest BCUT2D eigenvalue weighted by Crippen LogP contribution is -2.17. The van der Waals surface area contributed by atoms with E-state index >= 15 is 0 Å². The van der Waals surface area contributed by atoms with Crippen LogP contribution in [0.4, 0.5) is 0 Å². The zero-order valence-electron chi connectivity index (χ0n) is 12.3. The zero-order chi connectivity index (χ0) is 15.1. The van der Waals surface area contributed by atoms with Crippen LogP contribution in [0, 0.1) is 11.8 Å². The van der Waals surface area contributed by atoms with Crippen LogP contribution in [0.5, 0.6) is 5.75 Å². The summed E-state index contributed by atoms with van der Waals surface area (Å²) in [7, 11) is 3.79. The van der Waals surface area contributed by atoms with Crippen LogP contribution in [-0.2, 0) is 13.1 Å². The first kappa shape index (κ1) is 15.6. The van der Waals surface area contributed by atoms with Crippen molar-refractivity contribution in [2.75, 3.05) is 20.8 Å². The molecule has 0 atom stereocenters. The monoisotopic (exact) mass is 301 g/mol. The van der Waals surface area contributed by atoms with E-state index in [0.717, 1.165) is 24.4 Å². The van der Waals surface area contributed by atoms with Gasteiger partial charge in [-0.05, 0) is 19.2 Å². The van der Waals surface area contributed by atoms with Crippen LogP contribution in [0.25, 0.3) is 0 Å². The van der Waals surface area contributed by atoms with E-state index in [9.17, 15) is 0 Å². The Morgan fingerprint density at radius 3 is 2.86 bits per heavy atom. The van der Waals surface area contributed by atoms with Crippen molar-refractivity contribution in [1.29, 1.82) is 0 Å². The minimum absolute atomic E-state index is 0.0983. The second-order valence-electron chi connectivity index (χ2n) is 4.75. The van der Waals surface area contributed by atoms with E-state index in [-0.39, 0.29) is 6.61 Å². The summed E-state index contributed by atoms with van der Waals surface area (Å²) in [6.07, 6.45) is 0. The molecule has 4 heteroatoms. The van der Waals surface area contributed by atoms with E-state index in [0.29, 0.717) is 0 Å². The first-order valence-electron chi connectivity index (χ1n) is 6.70. The van der Waals surface area contributed by atoms with Gasteiger partial charge in [0.25, 0.3) is 0 Å². The third-order valence-corrected chi connectivity index (χ3v) is 3.95. The number of para-hydroxylation sites is 1. The molecule has 0 aliphatic heterocycles. The molecule has 110 valence electrons. The standard InChI is InChI=1S/C17H19NO2S/c1-18(11-15-7-3-4-8-17(15)20-2)12-16-10-14(13-21-16)6-5-9-19/h3-4,7-8,10,13,19H,9,11-12H2,1-2H3. The van der Waals surface area contributed by atoms with Crippen LogP contribution in [0.15, 0.2) is 35.7 Å². The van der Waals surface area contributed by atoms with Gasteiger partial charge in [0.05, 0.1) is 7.11 Å². The van der Waals surface area contributed by atoms with E-state index in [4.69, 9.17) is 9.84 Å². The Morgan fingerprint density at radius 1 is 1.29 bits per heavy atom. The predicted octanol–water partition coefficient (Wildman–Crippen LogP) is 2.73. The third kappa shape index (κ3) is 4.61. The molecule has 0 amide bonds. The number of benzene rings is 1. The summed E-state index contributed by atoms with van der Waals surface area (Å²) < 4.78 is 5.38. The molecular weight excluding hydrogens is 282 g/mol. The molecule has 0 unspecified atom stereocenters. The fourth-order valence-electron chi connectivity index (χ4n) is 2.12. The van der Waals surface area contributed by atoms with Gasteiger partial charge in [-0.15, -0.1) is 11.3 Å². The molecule has 2 rings (SSSR count). The van der Waals surface area contributed by atoms with Gasteiger partial charge >= 0.3 is 0 Å². The zero-order valence-corrected chi connectivity index (χ0v) is 13.1. The van der Waals surface area contributed by atoms with Crippen LogP contribution in [-0.4, -0.2) is 30.8 Å². The van der Waals surface area contributed by atoms with E-state index in [2.05, 4.69) is 35.9 Å². The van der Waals surface area contributed by atoms with Gasteiger partial charge in [0.15, 0.2) is 0 Å². The Morgan fingerprint density at radius 2 is 2.10 bits per heavy atom. The summed E-state index contributed by atoms with van der Waals surface area (Å²) in [5, 5.41) is 10.7. The highest BCUT2D eigenvalue weighted by molar-refractivity contribution is 7.10. The van der Waals surface area contributed by atoms with Gasteiger partial charge in [0.1, 0.15) is 12.4 Å². The largest absolute Gasteiger partial charge is 0.496 e. The highest BCUT2D eigenvalue weighted by Crippen LogP contribution is 2.21. The van der Waals surface area contributed by atoms with Crippen molar-refractivity contribution in [2.24, 2.45) is 0 Å². The molecule has 2 aromatic rings. The molecule has 0 saturated carbocycles. The summed E-state index contributed by atoms with van der Waals surface area (Å²) in [6.45, 7) is 1.60. The Hall–Kier alpha value is -1.80. The molecule has 0 aliphatic rings. The quantitative estimate of drug-likeness (QED) is 0.862.